The molecule has 1 atom stereocenters. The molecule has 1 N–H and O–H groups in total. The van der Waals surface area contributed by atoms with Gasteiger partial charge >= 0.3 is 6.09 Å². The van der Waals surface area contributed by atoms with Crippen molar-refractivity contribution in [3.05, 3.63) is 29.3 Å². The Morgan fingerprint density at radius 1 is 1.21 bits per heavy atom. The molecule has 10 nitrogen and oxygen atoms in total. The van der Waals surface area contributed by atoms with Gasteiger partial charge in [0, 0.05) is 30.5 Å². The summed E-state index contributed by atoms with van der Waals surface area (Å²) in [7, 11) is 0. The Balaban J connectivity index is 0.00000205. The van der Waals surface area contributed by atoms with Crippen molar-refractivity contribution in [2.45, 2.75) is 71.4 Å². The van der Waals surface area contributed by atoms with E-state index in [0.29, 0.717) is 35.8 Å². The molecule has 3 aliphatic rings. The topological polar surface area (TPSA) is 122 Å². The van der Waals surface area contributed by atoms with Gasteiger partial charge in [-0.2, -0.15) is 0 Å². The summed E-state index contributed by atoms with van der Waals surface area (Å²) in [5, 5.41) is 2.17. The number of carbonyl (C=O) groups is 5. The fourth-order valence-corrected chi connectivity index (χ4v) is 5.51. The molecule has 4 rings (SSSR count). The lowest BCUT2D eigenvalue weighted by molar-refractivity contribution is -0.139. The number of thiol groups is 2. The monoisotopic (exact) mass is 579 g/mol. The highest BCUT2D eigenvalue weighted by molar-refractivity contribution is 8.59. The van der Waals surface area contributed by atoms with Crippen molar-refractivity contribution in [2.24, 2.45) is 11.3 Å². The Labute approximate surface area is 239 Å². The zero-order chi connectivity index (χ0) is 29.0. The van der Waals surface area contributed by atoms with Crippen LogP contribution < -0.4 is 10.1 Å². The third-order valence-electron chi connectivity index (χ3n) is 7.26. The molecule has 1 saturated carbocycles. The molecule has 12 heteroatoms. The average molecular weight is 580 g/mol. The Morgan fingerprint density at radius 2 is 1.87 bits per heavy atom. The average Bonchev–Trinajstić information content (AvgIpc) is 2.81. The second-order valence-corrected chi connectivity index (χ2v) is 11.5. The molecule has 1 aromatic rings. The number of aryl methyl sites for hydroxylation is 1. The van der Waals surface area contributed by atoms with Crippen LogP contribution in [0.4, 0.5) is 4.79 Å². The lowest BCUT2D eigenvalue weighted by atomic mass is 9.57. The maximum absolute atomic E-state index is 13.0. The van der Waals surface area contributed by atoms with Crippen molar-refractivity contribution in [1.29, 1.82) is 0 Å². The highest BCUT2D eigenvalue weighted by atomic mass is 33.1. The Hall–Kier alpha value is -2.73. The number of imide groups is 2. The summed E-state index contributed by atoms with van der Waals surface area (Å²) < 4.78 is 11.3. The van der Waals surface area contributed by atoms with Crippen molar-refractivity contribution < 1.29 is 33.4 Å². The number of ether oxygens (including phenoxy) is 2. The summed E-state index contributed by atoms with van der Waals surface area (Å²) in [6.07, 6.45) is 3.33. The SMILES string of the molecule is Cc1cc(OCCC2CC3(C2)CN(C(=O)OC(C)(C)C)C3)ccc1C(=O)N(C=O)C1CCC(=O)NC1=O.SS. The number of rotatable bonds is 7. The number of hydrogen-bond donors (Lipinski definition) is 3. The predicted octanol–water partition coefficient (Wildman–Crippen LogP) is 3.58. The van der Waals surface area contributed by atoms with E-state index in [9.17, 15) is 24.0 Å². The number of carbonyl (C=O) groups excluding carboxylic acids is 5. The van der Waals surface area contributed by atoms with Gasteiger partial charge in [0.25, 0.3) is 5.91 Å². The number of nitrogens with one attached hydrogen (secondary N) is 1. The van der Waals surface area contributed by atoms with Gasteiger partial charge in [-0.3, -0.25) is 29.4 Å². The van der Waals surface area contributed by atoms with Crippen LogP contribution in [0.3, 0.4) is 0 Å². The number of amides is 5. The van der Waals surface area contributed by atoms with Crippen LogP contribution in [0.1, 0.15) is 68.8 Å². The highest BCUT2D eigenvalue weighted by Crippen LogP contribution is 2.53. The molecule has 1 unspecified atom stereocenters. The quantitative estimate of drug-likeness (QED) is 0.195. The molecule has 0 aromatic heterocycles. The molecule has 1 spiro atoms. The molecule has 1 aliphatic carbocycles. The van der Waals surface area contributed by atoms with Gasteiger partial charge in [-0.25, -0.2) is 4.79 Å². The van der Waals surface area contributed by atoms with Gasteiger partial charge in [-0.15, -0.1) is 23.3 Å². The predicted molar refractivity (Wildman–Crippen MR) is 151 cm³/mol. The standard InChI is InChI=1S/C27H35N3O7.H2S2/c1-17-11-19(5-6-20(17)24(34)30(16-31)21-7-8-22(32)28-23(21)33)36-10-9-18-12-27(13-18)14-29(15-27)25(35)37-26(2,3)4;1-2/h5-6,11,16,18,21H,7-10,12-15H2,1-4H3,(H,28,32,33);1-2H. The van der Waals surface area contributed by atoms with Gasteiger partial charge in [0.1, 0.15) is 17.4 Å². The second kappa shape index (κ2) is 12.6. The first-order chi connectivity index (χ1) is 18.4. The largest absolute Gasteiger partial charge is 0.494 e. The zero-order valence-corrected chi connectivity index (χ0v) is 24.6. The number of hydrogen-bond acceptors (Lipinski definition) is 9. The van der Waals surface area contributed by atoms with Crippen LogP contribution in [0.25, 0.3) is 0 Å². The minimum atomic E-state index is -1.00. The summed E-state index contributed by atoms with van der Waals surface area (Å²) >= 11 is 6.44. The number of likely N-dealkylation sites (tertiary alicyclic amines) is 1. The summed E-state index contributed by atoms with van der Waals surface area (Å²) in [5.74, 6) is -0.468. The molecule has 214 valence electrons. The first-order valence-electron chi connectivity index (χ1n) is 12.9. The van der Waals surface area contributed by atoms with Crippen LogP contribution in [0.15, 0.2) is 18.2 Å². The highest BCUT2D eigenvalue weighted by Gasteiger charge is 2.54. The molecule has 2 aliphatic heterocycles. The van der Waals surface area contributed by atoms with Crippen LogP contribution in [0.2, 0.25) is 0 Å². The van der Waals surface area contributed by atoms with E-state index in [-0.39, 0.29) is 24.3 Å². The van der Waals surface area contributed by atoms with Crippen molar-refractivity contribution >= 4 is 53.5 Å². The van der Waals surface area contributed by atoms with Gasteiger partial charge in [0.05, 0.1) is 6.61 Å². The van der Waals surface area contributed by atoms with Crippen LogP contribution in [0.5, 0.6) is 5.75 Å². The van der Waals surface area contributed by atoms with Crippen molar-refractivity contribution in [1.82, 2.24) is 15.1 Å². The fraction of sp³-hybridized carbons (Fsp3) is 0.593. The van der Waals surface area contributed by atoms with Gasteiger partial charge < -0.3 is 14.4 Å². The summed E-state index contributed by atoms with van der Waals surface area (Å²) in [4.78, 5) is 62.9. The van der Waals surface area contributed by atoms with Crippen LogP contribution in [-0.4, -0.2) is 71.4 Å². The normalized spacial score (nSPS) is 20.1. The van der Waals surface area contributed by atoms with Crippen LogP contribution >= 0.6 is 23.3 Å². The van der Waals surface area contributed by atoms with E-state index in [2.05, 4.69) is 28.6 Å². The van der Waals surface area contributed by atoms with E-state index >= 15 is 0 Å². The Bertz CT molecular complexity index is 1110. The first-order valence-corrected chi connectivity index (χ1v) is 14.5. The maximum atomic E-state index is 13.0. The molecular weight excluding hydrogens is 542 g/mol. The maximum Gasteiger partial charge on any atom is 0.410 e. The second-order valence-electron chi connectivity index (χ2n) is 11.5. The molecule has 3 fully saturated rings. The molecule has 0 radical (unpaired) electrons. The third-order valence-corrected chi connectivity index (χ3v) is 7.26. The fourth-order valence-electron chi connectivity index (χ4n) is 5.51. The summed E-state index contributed by atoms with van der Waals surface area (Å²) in [5.41, 5.74) is 0.670. The smallest absolute Gasteiger partial charge is 0.410 e. The van der Waals surface area contributed by atoms with E-state index in [1.54, 1.807) is 30.0 Å². The molecular formula is C27H37N3O7S2. The molecule has 39 heavy (non-hydrogen) atoms. The van der Waals surface area contributed by atoms with E-state index in [0.717, 1.165) is 37.3 Å². The van der Waals surface area contributed by atoms with Crippen LogP contribution in [0, 0.1) is 18.3 Å². The number of piperidine rings is 1. The Kier molecular flexibility index (Phi) is 9.98. The molecule has 5 amide bonds. The molecule has 1 aromatic carbocycles. The minimum absolute atomic E-state index is 0.0733. The first kappa shape index (κ1) is 30.8. The van der Waals surface area contributed by atoms with Gasteiger partial charge in [-0.1, -0.05) is 0 Å². The molecule has 0 bridgehead atoms. The molecule has 2 heterocycles. The summed E-state index contributed by atoms with van der Waals surface area (Å²) in [6.45, 7) is 9.40. The van der Waals surface area contributed by atoms with Gasteiger partial charge in [-0.05, 0) is 83.1 Å². The summed E-state index contributed by atoms with van der Waals surface area (Å²) in [6, 6.07) is 4.01. The minimum Gasteiger partial charge on any atom is -0.494 e. The van der Waals surface area contributed by atoms with Crippen molar-refractivity contribution in [3.63, 3.8) is 0 Å². The van der Waals surface area contributed by atoms with E-state index in [1.165, 1.54) is 0 Å². The van der Waals surface area contributed by atoms with Crippen LogP contribution in [-0.2, 0) is 19.1 Å². The number of benzene rings is 1. The van der Waals surface area contributed by atoms with E-state index in [1.807, 2.05) is 20.8 Å². The lowest BCUT2D eigenvalue weighted by Gasteiger charge is -2.58. The zero-order valence-electron chi connectivity index (χ0n) is 22.8. The Morgan fingerprint density at radius 3 is 2.44 bits per heavy atom. The van der Waals surface area contributed by atoms with Crippen molar-refractivity contribution in [2.75, 3.05) is 19.7 Å². The van der Waals surface area contributed by atoms with E-state index < -0.39 is 29.4 Å². The lowest BCUT2D eigenvalue weighted by Crippen LogP contribution is -2.64. The van der Waals surface area contributed by atoms with Gasteiger partial charge in [0.15, 0.2) is 0 Å². The third kappa shape index (κ3) is 7.47. The van der Waals surface area contributed by atoms with E-state index in [4.69, 9.17) is 9.47 Å². The van der Waals surface area contributed by atoms with Gasteiger partial charge in [0.2, 0.25) is 18.2 Å². The van der Waals surface area contributed by atoms with Crippen molar-refractivity contribution in [3.8, 4) is 5.75 Å². The number of nitrogens with zero attached hydrogens (tertiary/aromatic N) is 2. The molecule has 2 saturated heterocycles.